The highest BCUT2D eigenvalue weighted by molar-refractivity contribution is 5.77. The largest absolute Gasteiger partial charge is 0.493 e. The molecule has 0 aliphatic carbocycles. The molecule has 0 fully saturated rings. The molecule has 0 radical (unpaired) electrons. The van der Waals surface area contributed by atoms with Crippen LogP contribution in [0.3, 0.4) is 0 Å². The topological polar surface area (TPSA) is 56.8 Å². The van der Waals surface area contributed by atoms with Gasteiger partial charge in [0.15, 0.2) is 18.1 Å². The summed E-state index contributed by atoms with van der Waals surface area (Å²) in [6.07, 6.45) is 0. The number of halogens is 3. The number of carbonyl (C=O) groups is 1. The third kappa shape index (κ3) is 5.91. The van der Waals surface area contributed by atoms with Gasteiger partial charge in [0.05, 0.1) is 7.11 Å². The molecule has 1 amide bonds. The van der Waals surface area contributed by atoms with E-state index in [1.807, 2.05) is 0 Å². The molecule has 5 nitrogen and oxygen atoms in total. The summed E-state index contributed by atoms with van der Waals surface area (Å²) < 4.78 is 52.0. The molecule has 0 aliphatic heterocycles. The number of hydrogen-bond donors (Lipinski definition) is 1. The second-order valence-corrected chi connectivity index (χ2v) is 4.89. The monoisotopic (exact) mass is 355 g/mol. The maximum atomic E-state index is 13.0. The molecule has 0 saturated carbocycles. The average Bonchev–Trinajstić information content (AvgIpc) is 2.58. The first-order chi connectivity index (χ1) is 12.0. The summed E-state index contributed by atoms with van der Waals surface area (Å²) in [5, 5.41) is 2.59. The number of rotatable bonds is 8. The first-order valence-corrected chi connectivity index (χ1v) is 7.24. The molecular formula is C17H16F3NO4. The molecule has 25 heavy (non-hydrogen) atoms. The minimum absolute atomic E-state index is 0.0954. The number of benzene rings is 2. The van der Waals surface area contributed by atoms with Crippen LogP contribution in [0, 0.1) is 5.82 Å². The van der Waals surface area contributed by atoms with Crippen molar-refractivity contribution >= 4 is 5.91 Å². The Morgan fingerprint density at radius 1 is 1.16 bits per heavy atom. The summed E-state index contributed by atoms with van der Waals surface area (Å²) in [6.45, 7) is -3.11. The number of carbonyl (C=O) groups excluding carboxylic acids is 1. The highest BCUT2D eigenvalue weighted by atomic mass is 19.3. The van der Waals surface area contributed by atoms with E-state index in [0.717, 1.165) is 0 Å². The second-order valence-electron chi connectivity index (χ2n) is 4.89. The van der Waals surface area contributed by atoms with Crippen LogP contribution in [-0.4, -0.2) is 26.2 Å². The Kier molecular flexibility index (Phi) is 6.50. The normalized spacial score (nSPS) is 10.4. The van der Waals surface area contributed by atoms with Gasteiger partial charge < -0.3 is 19.5 Å². The summed E-state index contributed by atoms with van der Waals surface area (Å²) in [7, 11) is 1.32. The number of hydrogen-bond acceptors (Lipinski definition) is 4. The van der Waals surface area contributed by atoms with E-state index in [0.29, 0.717) is 5.56 Å². The number of amides is 1. The molecule has 0 aliphatic rings. The van der Waals surface area contributed by atoms with Gasteiger partial charge in [0.25, 0.3) is 5.91 Å². The summed E-state index contributed by atoms with van der Waals surface area (Å²) in [5.74, 6) is -0.609. The van der Waals surface area contributed by atoms with Crippen molar-refractivity contribution < 1.29 is 32.2 Å². The molecule has 0 saturated heterocycles. The van der Waals surface area contributed by atoms with Crippen LogP contribution in [0.4, 0.5) is 13.2 Å². The minimum Gasteiger partial charge on any atom is -0.493 e. The first-order valence-electron chi connectivity index (χ1n) is 7.24. The Morgan fingerprint density at radius 2 is 1.96 bits per heavy atom. The Labute approximate surface area is 142 Å². The van der Waals surface area contributed by atoms with Crippen molar-refractivity contribution in [3.63, 3.8) is 0 Å². The Morgan fingerprint density at radius 3 is 2.64 bits per heavy atom. The fraction of sp³-hybridized carbons (Fsp3) is 0.235. The fourth-order valence-electron chi connectivity index (χ4n) is 1.97. The molecule has 134 valence electrons. The Bertz CT molecular complexity index is 725. The van der Waals surface area contributed by atoms with Crippen molar-refractivity contribution in [1.29, 1.82) is 0 Å². The number of ether oxygens (including phenoxy) is 3. The first kappa shape index (κ1) is 18.4. The van der Waals surface area contributed by atoms with E-state index in [-0.39, 0.29) is 30.4 Å². The van der Waals surface area contributed by atoms with Crippen LogP contribution in [-0.2, 0) is 11.3 Å². The van der Waals surface area contributed by atoms with E-state index in [1.54, 1.807) is 0 Å². The van der Waals surface area contributed by atoms with Crippen LogP contribution in [0.5, 0.6) is 17.2 Å². The van der Waals surface area contributed by atoms with Crippen LogP contribution in [0.25, 0.3) is 0 Å². The van der Waals surface area contributed by atoms with Crippen LogP contribution in [0.1, 0.15) is 5.56 Å². The standard InChI is InChI=1S/C17H16F3NO4/c1-23-15-7-11(5-6-14(15)25-17(19)20)9-21-16(22)10-24-13-4-2-3-12(18)8-13/h2-8,17H,9-10H2,1H3,(H,21,22). The lowest BCUT2D eigenvalue weighted by Gasteiger charge is -2.12. The second kappa shape index (κ2) is 8.81. The zero-order valence-electron chi connectivity index (χ0n) is 13.3. The van der Waals surface area contributed by atoms with Crippen molar-refractivity contribution in [2.24, 2.45) is 0 Å². The third-order valence-corrected chi connectivity index (χ3v) is 3.10. The lowest BCUT2D eigenvalue weighted by atomic mass is 10.2. The number of alkyl halides is 2. The lowest BCUT2D eigenvalue weighted by Crippen LogP contribution is -2.28. The Hall–Kier alpha value is -2.90. The zero-order valence-corrected chi connectivity index (χ0v) is 13.3. The van der Waals surface area contributed by atoms with E-state index in [2.05, 4.69) is 10.1 Å². The van der Waals surface area contributed by atoms with Gasteiger partial charge in [-0.3, -0.25) is 4.79 Å². The quantitative estimate of drug-likeness (QED) is 0.790. The SMILES string of the molecule is COc1cc(CNC(=O)COc2cccc(F)c2)ccc1OC(F)F. The van der Waals surface area contributed by atoms with E-state index in [1.165, 1.54) is 49.6 Å². The highest BCUT2D eigenvalue weighted by Gasteiger charge is 2.11. The van der Waals surface area contributed by atoms with Crippen molar-refractivity contribution in [2.45, 2.75) is 13.2 Å². The molecule has 2 aromatic rings. The maximum absolute atomic E-state index is 13.0. The van der Waals surface area contributed by atoms with Gasteiger partial charge >= 0.3 is 6.61 Å². The maximum Gasteiger partial charge on any atom is 0.387 e. The van der Waals surface area contributed by atoms with Gasteiger partial charge in [-0.1, -0.05) is 12.1 Å². The molecule has 0 heterocycles. The van der Waals surface area contributed by atoms with Gasteiger partial charge in [0, 0.05) is 12.6 Å². The fourth-order valence-corrected chi connectivity index (χ4v) is 1.97. The predicted molar refractivity (Wildman–Crippen MR) is 83.4 cm³/mol. The number of methoxy groups -OCH3 is 1. The van der Waals surface area contributed by atoms with Crippen LogP contribution in [0.15, 0.2) is 42.5 Å². The van der Waals surface area contributed by atoms with Crippen LogP contribution < -0.4 is 19.5 Å². The molecule has 1 N–H and O–H groups in total. The molecule has 2 aromatic carbocycles. The summed E-state index contributed by atoms with van der Waals surface area (Å²) in [4.78, 5) is 11.8. The molecule has 0 unspecified atom stereocenters. The van der Waals surface area contributed by atoms with Crippen LogP contribution >= 0.6 is 0 Å². The highest BCUT2D eigenvalue weighted by Crippen LogP contribution is 2.29. The van der Waals surface area contributed by atoms with E-state index in [4.69, 9.17) is 9.47 Å². The zero-order chi connectivity index (χ0) is 18.2. The van der Waals surface area contributed by atoms with Gasteiger partial charge in [-0.25, -0.2) is 4.39 Å². The molecule has 0 spiro atoms. The van der Waals surface area contributed by atoms with Crippen molar-refractivity contribution in [3.8, 4) is 17.2 Å². The van der Waals surface area contributed by atoms with Crippen molar-refractivity contribution in [1.82, 2.24) is 5.32 Å². The third-order valence-electron chi connectivity index (χ3n) is 3.10. The van der Waals surface area contributed by atoms with Crippen molar-refractivity contribution in [3.05, 3.63) is 53.8 Å². The van der Waals surface area contributed by atoms with Crippen LogP contribution in [0.2, 0.25) is 0 Å². The molecule has 0 aromatic heterocycles. The molecule has 8 heteroatoms. The van der Waals surface area contributed by atoms with Gasteiger partial charge in [0.2, 0.25) is 0 Å². The number of nitrogens with one attached hydrogen (secondary N) is 1. The minimum atomic E-state index is -2.96. The van der Waals surface area contributed by atoms with E-state index in [9.17, 15) is 18.0 Å². The molecule has 2 rings (SSSR count). The van der Waals surface area contributed by atoms with Gasteiger partial charge in [-0.05, 0) is 29.8 Å². The van der Waals surface area contributed by atoms with E-state index < -0.39 is 18.3 Å². The molecule has 0 atom stereocenters. The Balaban J connectivity index is 1.86. The van der Waals surface area contributed by atoms with Crippen molar-refractivity contribution in [2.75, 3.05) is 13.7 Å². The van der Waals surface area contributed by atoms with E-state index >= 15 is 0 Å². The van der Waals surface area contributed by atoms with Gasteiger partial charge in [-0.2, -0.15) is 8.78 Å². The summed E-state index contributed by atoms with van der Waals surface area (Å²) in [6, 6.07) is 9.76. The van der Waals surface area contributed by atoms with Gasteiger partial charge in [-0.15, -0.1) is 0 Å². The molecular weight excluding hydrogens is 339 g/mol. The molecule has 0 bridgehead atoms. The van der Waals surface area contributed by atoms with Gasteiger partial charge in [0.1, 0.15) is 11.6 Å². The lowest BCUT2D eigenvalue weighted by molar-refractivity contribution is -0.123. The average molecular weight is 355 g/mol. The predicted octanol–water partition coefficient (Wildman–Crippen LogP) is 3.13. The summed E-state index contributed by atoms with van der Waals surface area (Å²) >= 11 is 0. The summed E-state index contributed by atoms with van der Waals surface area (Å²) in [5.41, 5.74) is 0.623. The smallest absolute Gasteiger partial charge is 0.387 e.